The number of hydrogen-bond donors (Lipinski definition) is 1. The number of anilines is 2. The number of nitrogens with one attached hydrogen (secondary N) is 1. The molecule has 4 bridgehead atoms. The van der Waals surface area contributed by atoms with Crippen LogP contribution in [0.2, 0.25) is 0 Å². The Hall–Kier alpha value is -2.14. The molecule has 0 atom stereocenters. The van der Waals surface area contributed by atoms with Crippen LogP contribution in [0.5, 0.6) is 5.75 Å². The number of para-hydroxylation sites is 2. The van der Waals surface area contributed by atoms with E-state index in [9.17, 15) is 0 Å². The predicted molar refractivity (Wildman–Crippen MR) is 118 cm³/mol. The van der Waals surface area contributed by atoms with Crippen LogP contribution in [0.3, 0.4) is 0 Å². The van der Waals surface area contributed by atoms with Crippen molar-refractivity contribution in [2.45, 2.75) is 52.1 Å². The summed E-state index contributed by atoms with van der Waals surface area (Å²) in [6.07, 6.45) is 8.98. The van der Waals surface area contributed by atoms with Gasteiger partial charge in [0.2, 0.25) is 0 Å². The Morgan fingerprint density at radius 1 is 0.966 bits per heavy atom. The monoisotopic (exact) mass is 405 g/mol. The zero-order valence-electron chi connectivity index (χ0n) is 17.0. The Labute approximate surface area is 175 Å². The number of fused-ring (bicyclic) bond motifs is 1. The van der Waals surface area contributed by atoms with E-state index in [0.29, 0.717) is 6.10 Å². The van der Waals surface area contributed by atoms with Crippen LogP contribution in [0.15, 0.2) is 30.6 Å². The van der Waals surface area contributed by atoms with E-state index in [-0.39, 0.29) is 0 Å². The molecular formula is C24H27N3OS. The molecular weight excluding hydrogens is 378 g/mol. The lowest BCUT2D eigenvalue weighted by Gasteiger charge is -2.53. The van der Waals surface area contributed by atoms with Crippen molar-refractivity contribution in [3.8, 4) is 5.75 Å². The fraction of sp³-hybridized carbons (Fsp3) is 0.500. The Bertz CT molecular complexity index is 1050. The van der Waals surface area contributed by atoms with E-state index in [2.05, 4.69) is 53.4 Å². The smallest absolute Gasteiger partial charge is 0.143 e. The van der Waals surface area contributed by atoms with Gasteiger partial charge in [0, 0.05) is 4.88 Å². The maximum atomic E-state index is 6.74. The molecule has 7 rings (SSSR count). The third-order valence-corrected chi connectivity index (χ3v) is 8.62. The van der Waals surface area contributed by atoms with Crippen molar-refractivity contribution in [1.29, 1.82) is 0 Å². The topological polar surface area (TPSA) is 47.0 Å². The minimum absolute atomic E-state index is 0.376. The Kier molecular flexibility index (Phi) is 4.09. The van der Waals surface area contributed by atoms with Gasteiger partial charge in [-0.2, -0.15) is 0 Å². The lowest BCUT2D eigenvalue weighted by Crippen LogP contribution is -2.50. The van der Waals surface area contributed by atoms with Crippen molar-refractivity contribution < 1.29 is 4.74 Å². The third kappa shape index (κ3) is 2.93. The average molecular weight is 406 g/mol. The summed E-state index contributed by atoms with van der Waals surface area (Å²) in [5, 5.41) is 4.70. The van der Waals surface area contributed by atoms with Crippen LogP contribution in [0.1, 0.15) is 42.5 Å². The van der Waals surface area contributed by atoms with E-state index in [0.717, 1.165) is 51.1 Å². The summed E-state index contributed by atoms with van der Waals surface area (Å²) >= 11 is 1.73. The van der Waals surface area contributed by atoms with Crippen LogP contribution < -0.4 is 10.1 Å². The Morgan fingerprint density at radius 3 is 2.45 bits per heavy atom. The number of aryl methyl sites for hydroxylation is 2. The highest BCUT2D eigenvalue weighted by Crippen LogP contribution is 2.55. The minimum Gasteiger partial charge on any atom is -0.488 e. The predicted octanol–water partition coefficient (Wildman–Crippen LogP) is 6.26. The van der Waals surface area contributed by atoms with Gasteiger partial charge in [-0.3, -0.25) is 0 Å². The van der Waals surface area contributed by atoms with Crippen molar-refractivity contribution in [3.05, 3.63) is 41.0 Å². The quantitative estimate of drug-likeness (QED) is 0.557. The van der Waals surface area contributed by atoms with E-state index in [4.69, 9.17) is 4.74 Å². The number of ether oxygens (including phenoxy) is 1. The van der Waals surface area contributed by atoms with Crippen molar-refractivity contribution in [3.63, 3.8) is 0 Å². The first kappa shape index (κ1) is 17.7. The molecule has 0 spiro atoms. The van der Waals surface area contributed by atoms with Crippen LogP contribution in [0.4, 0.5) is 11.5 Å². The number of aromatic nitrogens is 2. The second kappa shape index (κ2) is 6.69. The van der Waals surface area contributed by atoms with Gasteiger partial charge in [-0.1, -0.05) is 12.1 Å². The van der Waals surface area contributed by atoms with Crippen LogP contribution in [0.25, 0.3) is 10.2 Å². The summed E-state index contributed by atoms with van der Waals surface area (Å²) < 4.78 is 6.74. The molecule has 0 saturated heterocycles. The molecule has 1 N–H and O–H groups in total. The largest absolute Gasteiger partial charge is 0.488 e. The molecule has 4 fully saturated rings. The number of thiophene rings is 1. The second-order valence-electron chi connectivity index (χ2n) is 9.32. The molecule has 0 radical (unpaired) electrons. The normalized spacial score (nSPS) is 30.1. The number of hydrogen-bond acceptors (Lipinski definition) is 5. The van der Waals surface area contributed by atoms with Gasteiger partial charge in [0.1, 0.15) is 28.8 Å². The molecule has 0 amide bonds. The van der Waals surface area contributed by atoms with Gasteiger partial charge in [-0.15, -0.1) is 11.3 Å². The molecule has 4 saturated carbocycles. The molecule has 2 aromatic heterocycles. The molecule has 3 aromatic rings. The fourth-order valence-electron chi connectivity index (χ4n) is 6.29. The molecule has 29 heavy (non-hydrogen) atoms. The molecule has 4 nitrogen and oxygen atoms in total. The second-order valence-corrected chi connectivity index (χ2v) is 10.5. The third-order valence-electron chi connectivity index (χ3n) is 7.51. The Morgan fingerprint density at radius 2 is 1.69 bits per heavy atom. The first-order valence-corrected chi connectivity index (χ1v) is 11.7. The lowest BCUT2D eigenvalue weighted by atomic mass is 9.55. The average Bonchev–Trinajstić information content (AvgIpc) is 3.00. The molecule has 2 heterocycles. The zero-order valence-corrected chi connectivity index (χ0v) is 17.8. The molecule has 150 valence electrons. The number of rotatable bonds is 4. The van der Waals surface area contributed by atoms with Gasteiger partial charge in [0.05, 0.1) is 11.1 Å². The molecule has 4 aliphatic rings. The van der Waals surface area contributed by atoms with Gasteiger partial charge in [-0.05, 0) is 87.3 Å². The maximum Gasteiger partial charge on any atom is 0.143 e. The van der Waals surface area contributed by atoms with Gasteiger partial charge in [0.25, 0.3) is 0 Å². The van der Waals surface area contributed by atoms with Crippen LogP contribution in [0, 0.1) is 37.5 Å². The van der Waals surface area contributed by atoms with E-state index in [1.165, 1.54) is 42.5 Å². The summed E-state index contributed by atoms with van der Waals surface area (Å²) in [5.74, 6) is 5.24. The number of nitrogens with zero attached hydrogens (tertiary/aromatic N) is 2. The SMILES string of the molecule is Cc1sc2ncnc(Nc3ccccc3OC3C4CC5CC(C4)CC3C5)c2c1C. The Balaban J connectivity index is 1.31. The molecule has 0 unspecified atom stereocenters. The standard InChI is InChI=1S/C24H27N3OS/c1-13-14(2)29-24-21(13)23(25-12-26-24)27-19-5-3-4-6-20(19)28-22-17-8-15-7-16(10-17)11-18(22)9-15/h3-6,12,15-18,22H,7-11H2,1-2H3,(H,25,26,27). The molecule has 1 aromatic carbocycles. The van der Waals surface area contributed by atoms with E-state index in [1.54, 1.807) is 17.7 Å². The highest BCUT2D eigenvalue weighted by molar-refractivity contribution is 7.18. The highest BCUT2D eigenvalue weighted by atomic mass is 32.1. The van der Waals surface area contributed by atoms with E-state index >= 15 is 0 Å². The summed E-state index contributed by atoms with van der Waals surface area (Å²) in [5.41, 5.74) is 2.26. The molecule has 5 heteroatoms. The summed E-state index contributed by atoms with van der Waals surface area (Å²) in [4.78, 5) is 11.4. The van der Waals surface area contributed by atoms with E-state index in [1.807, 2.05) is 0 Å². The highest BCUT2D eigenvalue weighted by Gasteiger charge is 2.49. The van der Waals surface area contributed by atoms with Crippen molar-refractivity contribution in [2.75, 3.05) is 5.32 Å². The first-order chi connectivity index (χ1) is 14.2. The summed E-state index contributed by atoms with van der Waals surface area (Å²) in [7, 11) is 0. The van der Waals surface area contributed by atoms with Gasteiger partial charge >= 0.3 is 0 Å². The summed E-state index contributed by atoms with van der Waals surface area (Å²) in [6, 6.07) is 8.35. The summed E-state index contributed by atoms with van der Waals surface area (Å²) in [6.45, 7) is 4.30. The van der Waals surface area contributed by atoms with Gasteiger partial charge in [0.15, 0.2) is 0 Å². The molecule has 4 aliphatic carbocycles. The maximum absolute atomic E-state index is 6.74. The molecule has 0 aliphatic heterocycles. The number of benzene rings is 1. The van der Waals surface area contributed by atoms with Gasteiger partial charge < -0.3 is 10.1 Å². The minimum atomic E-state index is 0.376. The first-order valence-electron chi connectivity index (χ1n) is 10.9. The lowest BCUT2D eigenvalue weighted by molar-refractivity contribution is -0.0787. The van der Waals surface area contributed by atoms with Crippen molar-refractivity contribution in [1.82, 2.24) is 9.97 Å². The van der Waals surface area contributed by atoms with Gasteiger partial charge in [-0.25, -0.2) is 9.97 Å². The zero-order chi connectivity index (χ0) is 19.5. The van der Waals surface area contributed by atoms with Crippen molar-refractivity contribution >= 4 is 33.1 Å². The fourth-order valence-corrected chi connectivity index (χ4v) is 7.29. The van der Waals surface area contributed by atoms with E-state index < -0.39 is 0 Å². The van der Waals surface area contributed by atoms with Crippen LogP contribution >= 0.6 is 11.3 Å². The van der Waals surface area contributed by atoms with Crippen molar-refractivity contribution in [2.24, 2.45) is 23.7 Å². The van der Waals surface area contributed by atoms with Crippen LogP contribution in [-0.4, -0.2) is 16.1 Å². The van der Waals surface area contributed by atoms with Crippen LogP contribution in [-0.2, 0) is 0 Å².